The average molecular weight is 319 g/mol. The second-order valence-electron chi connectivity index (χ2n) is 7.10. The Morgan fingerprint density at radius 3 is 2.43 bits per heavy atom. The van der Waals surface area contributed by atoms with Gasteiger partial charge in [0, 0.05) is 25.9 Å². The molecule has 0 saturated heterocycles. The van der Waals surface area contributed by atoms with E-state index in [2.05, 4.69) is 27.7 Å². The molecule has 1 aliphatic rings. The van der Waals surface area contributed by atoms with E-state index in [4.69, 9.17) is 9.47 Å². The van der Waals surface area contributed by atoms with E-state index in [-0.39, 0.29) is 5.91 Å². The van der Waals surface area contributed by atoms with Gasteiger partial charge < -0.3 is 14.4 Å². The predicted octanol–water partition coefficient (Wildman–Crippen LogP) is 3.88. The second-order valence-corrected chi connectivity index (χ2v) is 7.10. The van der Waals surface area contributed by atoms with E-state index in [0.29, 0.717) is 38.0 Å². The number of benzene rings is 1. The van der Waals surface area contributed by atoms with E-state index in [9.17, 15) is 4.79 Å². The predicted molar refractivity (Wildman–Crippen MR) is 91.8 cm³/mol. The van der Waals surface area contributed by atoms with Crippen molar-refractivity contribution in [2.75, 3.05) is 19.8 Å². The molecule has 128 valence electrons. The van der Waals surface area contributed by atoms with E-state index < -0.39 is 0 Å². The molecule has 0 N–H and O–H groups in total. The van der Waals surface area contributed by atoms with Crippen LogP contribution < -0.4 is 9.47 Å². The molecule has 1 amide bonds. The van der Waals surface area contributed by atoms with Gasteiger partial charge >= 0.3 is 0 Å². The number of carbonyl (C=O) groups is 1. The van der Waals surface area contributed by atoms with Gasteiger partial charge in [-0.15, -0.1) is 0 Å². The third-order valence-corrected chi connectivity index (χ3v) is 3.71. The summed E-state index contributed by atoms with van der Waals surface area (Å²) in [5.74, 6) is 2.64. The number of hydrogen-bond acceptors (Lipinski definition) is 3. The molecule has 0 spiro atoms. The van der Waals surface area contributed by atoms with E-state index in [0.717, 1.165) is 30.0 Å². The maximum atomic E-state index is 12.5. The molecule has 2 rings (SSSR count). The summed E-state index contributed by atoms with van der Waals surface area (Å²) in [5.41, 5.74) is 1.09. The van der Waals surface area contributed by atoms with Crippen molar-refractivity contribution in [3.8, 4) is 11.5 Å². The van der Waals surface area contributed by atoms with Gasteiger partial charge in [0.15, 0.2) is 11.5 Å². The Bertz CT molecular complexity index is 525. The summed E-state index contributed by atoms with van der Waals surface area (Å²) in [7, 11) is 0. The smallest absolute Gasteiger partial charge is 0.223 e. The number of amides is 1. The van der Waals surface area contributed by atoms with Crippen LogP contribution in [-0.4, -0.2) is 30.6 Å². The van der Waals surface area contributed by atoms with E-state index in [1.807, 2.05) is 23.1 Å². The van der Waals surface area contributed by atoms with Gasteiger partial charge in [-0.25, -0.2) is 0 Å². The Hall–Kier alpha value is -1.71. The molecule has 4 nitrogen and oxygen atoms in total. The van der Waals surface area contributed by atoms with Crippen molar-refractivity contribution in [1.82, 2.24) is 4.90 Å². The number of rotatable bonds is 6. The highest BCUT2D eigenvalue weighted by atomic mass is 16.5. The van der Waals surface area contributed by atoms with Crippen LogP contribution in [0.15, 0.2) is 18.2 Å². The van der Waals surface area contributed by atoms with Crippen LogP contribution in [0.1, 0.15) is 46.1 Å². The quantitative estimate of drug-likeness (QED) is 0.799. The van der Waals surface area contributed by atoms with Crippen molar-refractivity contribution in [3.05, 3.63) is 23.8 Å². The van der Waals surface area contributed by atoms with Gasteiger partial charge in [0.1, 0.15) is 0 Å². The molecule has 1 aromatic carbocycles. The zero-order chi connectivity index (χ0) is 16.8. The van der Waals surface area contributed by atoms with Crippen LogP contribution in [0, 0.1) is 11.8 Å². The van der Waals surface area contributed by atoms with Gasteiger partial charge in [-0.3, -0.25) is 4.79 Å². The standard InChI is InChI=1S/C19H29NO3/c1-14(2)10-19(21)20(12-15(3)4)13-16-6-7-17-18(11-16)23-9-5-8-22-17/h6-7,11,14-15H,5,8-10,12-13H2,1-4H3. The fourth-order valence-electron chi connectivity index (χ4n) is 2.70. The minimum atomic E-state index is 0.223. The summed E-state index contributed by atoms with van der Waals surface area (Å²) in [6.45, 7) is 11.2. The Kier molecular flexibility index (Phi) is 6.31. The number of nitrogens with zero attached hydrogens (tertiary/aromatic N) is 1. The van der Waals surface area contributed by atoms with Gasteiger partial charge in [0.2, 0.25) is 5.91 Å². The summed E-state index contributed by atoms with van der Waals surface area (Å²) < 4.78 is 11.4. The van der Waals surface area contributed by atoms with Crippen LogP contribution >= 0.6 is 0 Å². The molecular weight excluding hydrogens is 290 g/mol. The van der Waals surface area contributed by atoms with Crippen LogP contribution in [0.5, 0.6) is 11.5 Å². The lowest BCUT2D eigenvalue weighted by atomic mass is 10.1. The van der Waals surface area contributed by atoms with Crippen LogP contribution in [-0.2, 0) is 11.3 Å². The Morgan fingerprint density at radius 1 is 1.09 bits per heavy atom. The maximum absolute atomic E-state index is 12.5. The van der Waals surface area contributed by atoms with Crippen LogP contribution in [0.25, 0.3) is 0 Å². The number of fused-ring (bicyclic) bond motifs is 1. The molecule has 1 aliphatic heterocycles. The largest absolute Gasteiger partial charge is 0.490 e. The van der Waals surface area contributed by atoms with Crippen molar-refractivity contribution in [1.29, 1.82) is 0 Å². The highest BCUT2D eigenvalue weighted by Gasteiger charge is 2.18. The highest BCUT2D eigenvalue weighted by Crippen LogP contribution is 2.31. The highest BCUT2D eigenvalue weighted by molar-refractivity contribution is 5.76. The van der Waals surface area contributed by atoms with Gasteiger partial charge in [-0.2, -0.15) is 0 Å². The molecule has 0 saturated carbocycles. The fourth-order valence-corrected chi connectivity index (χ4v) is 2.70. The molecule has 1 heterocycles. The SMILES string of the molecule is CC(C)CC(=O)N(Cc1ccc2c(c1)OCCCO2)CC(C)C. The zero-order valence-corrected chi connectivity index (χ0v) is 14.8. The normalized spacial score (nSPS) is 14.0. The molecule has 23 heavy (non-hydrogen) atoms. The van der Waals surface area contributed by atoms with E-state index in [1.54, 1.807) is 0 Å². The molecule has 0 aromatic heterocycles. The van der Waals surface area contributed by atoms with Gasteiger partial charge in [0.25, 0.3) is 0 Å². The van der Waals surface area contributed by atoms with Crippen molar-refractivity contribution in [2.45, 2.75) is 47.1 Å². The number of carbonyl (C=O) groups excluding carboxylic acids is 1. The zero-order valence-electron chi connectivity index (χ0n) is 14.8. The molecular formula is C19H29NO3. The van der Waals surface area contributed by atoms with Crippen molar-refractivity contribution >= 4 is 5.91 Å². The topological polar surface area (TPSA) is 38.8 Å². The lowest BCUT2D eigenvalue weighted by molar-refractivity contribution is -0.133. The minimum absolute atomic E-state index is 0.223. The van der Waals surface area contributed by atoms with E-state index >= 15 is 0 Å². The molecule has 0 unspecified atom stereocenters. The first-order valence-corrected chi connectivity index (χ1v) is 8.62. The minimum Gasteiger partial charge on any atom is -0.490 e. The summed E-state index contributed by atoms with van der Waals surface area (Å²) in [6.07, 6.45) is 1.49. The Balaban J connectivity index is 2.12. The van der Waals surface area contributed by atoms with E-state index in [1.165, 1.54) is 0 Å². The van der Waals surface area contributed by atoms with Gasteiger partial charge in [0.05, 0.1) is 13.2 Å². The first kappa shape index (κ1) is 17.6. The first-order valence-electron chi connectivity index (χ1n) is 8.62. The van der Waals surface area contributed by atoms with Crippen molar-refractivity contribution in [3.63, 3.8) is 0 Å². The molecule has 0 bridgehead atoms. The molecule has 0 fully saturated rings. The average Bonchev–Trinajstić information content (AvgIpc) is 2.70. The first-order chi connectivity index (χ1) is 11.0. The molecule has 0 aliphatic carbocycles. The fraction of sp³-hybridized carbons (Fsp3) is 0.632. The van der Waals surface area contributed by atoms with Gasteiger partial charge in [-0.05, 0) is 29.5 Å². The summed E-state index contributed by atoms with van der Waals surface area (Å²) in [4.78, 5) is 14.5. The molecule has 1 aromatic rings. The lowest BCUT2D eigenvalue weighted by Crippen LogP contribution is -2.34. The summed E-state index contributed by atoms with van der Waals surface area (Å²) >= 11 is 0. The van der Waals surface area contributed by atoms with Crippen LogP contribution in [0.2, 0.25) is 0 Å². The second kappa shape index (κ2) is 8.23. The van der Waals surface area contributed by atoms with Crippen LogP contribution in [0.3, 0.4) is 0 Å². The van der Waals surface area contributed by atoms with Gasteiger partial charge in [-0.1, -0.05) is 33.8 Å². The summed E-state index contributed by atoms with van der Waals surface area (Å²) in [5, 5.41) is 0. The molecule has 0 radical (unpaired) electrons. The van der Waals surface area contributed by atoms with Crippen molar-refractivity contribution in [2.24, 2.45) is 11.8 Å². The summed E-state index contributed by atoms with van der Waals surface area (Å²) in [6, 6.07) is 6.00. The monoisotopic (exact) mass is 319 g/mol. The third-order valence-electron chi connectivity index (χ3n) is 3.71. The lowest BCUT2D eigenvalue weighted by Gasteiger charge is -2.26. The third kappa shape index (κ3) is 5.45. The Morgan fingerprint density at radius 2 is 1.78 bits per heavy atom. The van der Waals surface area contributed by atoms with Crippen molar-refractivity contribution < 1.29 is 14.3 Å². The maximum Gasteiger partial charge on any atom is 0.223 e. The number of hydrogen-bond donors (Lipinski definition) is 0. The van der Waals surface area contributed by atoms with Crippen LogP contribution in [0.4, 0.5) is 0 Å². The Labute approximate surface area is 139 Å². The molecule has 0 atom stereocenters. The number of ether oxygens (including phenoxy) is 2. The molecule has 4 heteroatoms.